The third-order valence-electron chi connectivity index (χ3n) is 4.73. The summed E-state index contributed by atoms with van der Waals surface area (Å²) in [6.07, 6.45) is 3.41. The van der Waals surface area contributed by atoms with Gasteiger partial charge in [0.1, 0.15) is 0 Å². The lowest BCUT2D eigenvalue weighted by molar-refractivity contribution is 0.0791. The van der Waals surface area contributed by atoms with Crippen molar-refractivity contribution < 1.29 is 4.79 Å². The van der Waals surface area contributed by atoms with Crippen molar-refractivity contribution in [3.8, 4) is 0 Å². The zero-order valence-electron chi connectivity index (χ0n) is 13.0. The number of benzene rings is 1. The summed E-state index contributed by atoms with van der Waals surface area (Å²) in [5, 5.41) is 0. The molecule has 4 nitrogen and oxygen atoms in total. The Morgan fingerprint density at radius 3 is 2.48 bits per heavy atom. The van der Waals surface area contributed by atoms with E-state index < -0.39 is 0 Å². The highest BCUT2D eigenvalue weighted by Crippen LogP contribution is 2.48. The average molecular weight is 287 g/mol. The van der Waals surface area contributed by atoms with Crippen LogP contribution < -0.4 is 5.73 Å². The first-order chi connectivity index (χ1) is 10.00. The number of nitrogens with zero attached hydrogens (tertiary/aromatic N) is 2. The molecule has 1 amide bonds. The van der Waals surface area contributed by atoms with Gasteiger partial charge in [0, 0.05) is 36.7 Å². The van der Waals surface area contributed by atoms with Crippen molar-refractivity contribution in [1.29, 1.82) is 0 Å². The molecule has 1 aliphatic heterocycles. The molecule has 21 heavy (non-hydrogen) atoms. The molecule has 1 saturated heterocycles. The molecule has 0 bridgehead atoms. The summed E-state index contributed by atoms with van der Waals surface area (Å²) >= 11 is 0. The quantitative estimate of drug-likeness (QED) is 0.912. The third-order valence-corrected chi connectivity index (χ3v) is 4.73. The minimum Gasteiger partial charge on any atom is -0.337 e. The van der Waals surface area contributed by atoms with Crippen LogP contribution in [0.3, 0.4) is 0 Å². The Morgan fingerprint density at radius 2 is 2.00 bits per heavy atom. The molecule has 3 rings (SSSR count). The Morgan fingerprint density at radius 1 is 1.33 bits per heavy atom. The molecule has 2 N–H and O–H groups in total. The van der Waals surface area contributed by atoms with Crippen molar-refractivity contribution in [2.75, 3.05) is 33.7 Å². The van der Waals surface area contributed by atoms with Gasteiger partial charge in [-0.3, -0.25) is 4.79 Å². The van der Waals surface area contributed by atoms with E-state index in [-0.39, 0.29) is 11.9 Å². The molecule has 0 radical (unpaired) electrons. The summed E-state index contributed by atoms with van der Waals surface area (Å²) in [5.74, 6) is 0.118. The van der Waals surface area contributed by atoms with Crippen LogP contribution >= 0.6 is 0 Å². The number of amides is 1. The molecule has 1 aromatic rings. The maximum Gasteiger partial charge on any atom is 0.253 e. The van der Waals surface area contributed by atoms with Gasteiger partial charge in [-0.1, -0.05) is 12.1 Å². The van der Waals surface area contributed by atoms with Crippen molar-refractivity contribution in [3.63, 3.8) is 0 Å². The van der Waals surface area contributed by atoms with Gasteiger partial charge in [-0.2, -0.15) is 0 Å². The average Bonchev–Trinajstić information content (AvgIpc) is 3.10. The molecule has 1 aliphatic carbocycles. The van der Waals surface area contributed by atoms with Crippen LogP contribution in [0.5, 0.6) is 0 Å². The molecule has 1 unspecified atom stereocenters. The van der Waals surface area contributed by atoms with Crippen LogP contribution in [0, 0.1) is 0 Å². The molecule has 114 valence electrons. The number of hydrogen-bond donors (Lipinski definition) is 1. The van der Waals surface area contributed by atoms with Crippen LogP contribution in [0.1, 0.15) is 35.2 Å². The Kier molecular flexibility index (Phi) is 3.76. The lowest BCUT2D eigenvalue weighted by Gasteiger charge is -2.21. The molecule has 1 aromatic carbocycles. The highest BCUT2D eigenvalue weighted by Gasteiger charge is 2.44. The number of rotatable bonds is 4. The second kappa shape index (κ2) is 5.43. The number of carbonyl (C=O) groups is 1. The van der Waals surface area contributed by atoms with E-state index in [1.165, 1.54) is 18.4 Å². The number of likely N-dealkylation sites (N-methyl/N-ethyl adjacent to an activating group) is 1. The van der Waals surface area contributed by atoms with Crippen molar-refractivity contribution in [2.45, 2.75) is 30.7 Å². The minimum atomic E-state index is 0.118. The van der Waals surface area contributed by atoms with Crippen LogP contribution in [0.4, 0.5) is 0 Å². The summed E-state index contributed by atoms with van der Waals surface area (Å²) in [7, 11) is 4.24. The van der Waals surface area contributed by atoms with E-state index in [1.807, 2.05) is 17.0 Å². The van der Waals surface area contributed by atoms with Gasteiger partial charge in [0.05, 0.1) is 0 Å². The summed E-state index contributed by atoms with van der Waals surface area (Å²) in [5.41, 5.74) is 8.35. The second-order valence-corrected chi connectivity index (χ2v) is 6.90. The van der Waals surface area contributed by atoms with Crippen LogP contribution in [0.25, 0.3) is 0 Å². The molecule has 1 saturated carbocycles. The van der Waals surface area contributed by atoms with Crippen LogP contribution in [0.15, 0.2) is 24.3 Å². The minimum absolute atomic E-state index is 0.118. The zero-order valence-corrected chi connectivity index (χ0v) is 13.0. The largest absolute Gasteiger partial charge is 0.337 e. The second-order valence-electron chi connectivity index (χ2n) is 6.90. The first kappa shape index (κ1) is 14.5. The number of likely N-dealkylation sites (tertiary alicyclic amines) is 1. The summed E-state index contributed by atoms with van der Waals surface area (Å²) in [6.45, 7) is 2.55. The topological polar surface area (TPSA) is 49.6 Å². The molecule has 1 heterocycles. The molecule has 1 atom stereocenters. The Hall–Kier alpha value is -1.39. The maximum atomic E-state index is 12.4. The molecule has 0 aromatic heterocycles. The van der Waals surface area contributed by atoms with E-state index in [4.69, 9.17) is 5.73 Å². The normalized spacial score (nSPS) is 23.6. The van der Waals surface area contributed by atoms with E-state index in [0.29, 0.717) is 12.0 Å². The van der Waals surface area contributed by atoms with Gasteiger partial charge in [0.15, 0.2) is 0 Å². The van der Waals surface area contributed by atoms with E-state index in [0.717, 1.165) is 25.1 Å². The standard InChI is InChI=1S/C17H25N3O/c1-19(2)12-17(8-9-17)14-5-3-13(4-6-14)16(21)20-10-7-15(18)11-20/h3-6,15H,7-12,18H2,1-2H3. The van der Waals surface area contributed by atoms with Gasteiger partial charge in [-0.05, 0) is 51.1 Å². The molecule has 0 spiro atoms. The van der Waals surface area contributed by atoms with Gasteiger partial charge in [0.25, 0.3) is 5.91 Å². The van der Waals surface area contributed by atoms with E-state index in [9.17, 15) is 4.79 Å². The summed E-state index contributed by atoms with van der Waals surface area (Å²) in [4.78, 5) is 16.5. The van der Waals surface area contributed by atoms with Gasteiger partial charge in [-0.15, -0.1) is 0 Å². The van der Waals surface area contributed by atoms with Crippen LogP contribution in [-0.2, 0) is 5.41 Å². The Balaban J connectivity index is 1.71. The predicted octanol–water partition coefficient (Wildman–Crippen LogP) is 1.45. The highest BCUT2D eigenvalue weighted by atomic mass is 16.2. The fraction of sp³-hybridized carbons (Fsp3) is 0.588. The van der Waals surface area contributed by atoms with Gasteiger partial charge >= 0.3 is 0 Å². The van der Waals surface area contributed by atoms with E-state index in [2.05, 4.69) is 31.1 Å². The molecular weight excluding hydrogens is 262 g/mol. The van der Waals surface area contributed by atoms with Gasteiger partial charge < -0.3 is 15.5 Å². The van der Waals surface area contributed by atoms with E-state index in [1.54, 1.807) is 0 Å². The fourth-order valence-corrected chi connectivity index (χ4v) is 3.41. The fourth-order valence-electron chi connectivity index (χ4n) is 3.41. The number of hydrogen-bond acceptors (Lipinski definition) is 3. The lowest BCUT2D eigenvalue weighted by Crippen LogP contribution is -2.32. The molecular formula is C17H25N3O. The van der Waals surface area contributed by atoms with Crippen LogP contribution in [-0.4, -0.2) is 55.5 Å². The van der Waals surface area contributed by atoms with Crippen molar-refractivity contribution >= 4 is 5.91 Å². The molecule has 2 fully saturated rings. The highest BCUT2D eigenvalue weighted by molar-refractivity contribution is 5.94. The summed E-state index contributed by atoms with van der Waals surface area (Å²) < 4.78 is 0. The molecule has 4 heteroatoms. The SMILES string of the molecule is CN(C)CC1(c2ccc(C(=O)N3CCC(N)C3)cc2)CC1. The van der Waals surface area contributed by atoms with Crippen LogP contribution in [0.2, 0.25) is 0 Å². The Bertz CT molecular complexity index is 519. The van der Waals surface area contributed by atoms with E-state index >= 15 is 0 Å². The Labute approximate surface area is 126 Å². The predicted molar refractivity (Wildman–Crippen MR) is 84.4 cm³/mol. The first-order valence-electron chi connectivity index (χ1n) is 7.80. The van der Waals surface area contributed by atoms with Gasteiger partial charge in [0.2, 0.25) is 0 Å². The zero-order chi connectivity index (χ0) is 15.0. The number of carbonyl (C=O) groups excluding carboxylic acids is 1. The lowest BCUT2D eigenvalue weighted by atomic mass is 9.94. The van der Waals surface area contributed by atoms with Crippen molar-refractivity contribution in [3.05, 3.63) is 35.4 Å². The maximum absolute atomic E-state index is 12.4. The molecule has 2 aliphatic rings. The first-order valence-corrected chi connectivity index (χ1v) is 7.80. The smallest absolute Gasteiger partial charge is 0.253 e. The van der Waals surface area contributed by atoms with Gasteiger partial charge in [-0.25, -0.2) is 0 Å². The van der Waals surface area contributed by atoms with Crippen molar-refractivity contribution in [1.82, 2.24) is 9.80 Å². The summed E-state index contributed by atoms with van der Waals surface area (Å²) in [6, 6.07) is 8.39. The number of nitrogens with two attached hydrogens (primary N) is 1. The monoisotopic (exact) mass is 287 g/mol. The van der Waals surface area contributed by atoms with Crippen molar-refractivity contribution in [2.24, 2.45) is 5.73 Å². The third kappa shape index (κ3) is 2.97.